The van der Waals surface area contributed by atoms with Crippen LogP contribution in [0, 0.1) is 0 Å². The summed E-state index contributed by atoms with van der Waals surface area (Å²) >= 11 is 0. The van der Waals surface area contributed by atoms with Crippen LogP contribution in [0.1, 0.15) is 5.56 Å². The molecule has 0 saturated carbocycles. The van der Waals surface area contributed by atoms with E-state index in [0.29, 0.717) is 6.42 Å². The van der Waals surface area contributed by atoms with E-state index < -0.39 is 12.0 Å². The lowest BCUT2D eigenvalue weighted by Crippen LogP contribution is -2.33. The highest BCUT2D eigenvalue weighted by atomic mass is 16.5. The molecular weight excluding hydrogens is 232 g/mol. The van der Waals surface area contributed by atoms with Crippen LogP contribution < -0.4 is 10.5 Å². The molecule has 18 heavy (non-hydrogen) atoms. The molecule has 0 fully saturated rings. The zero-order valence-electron chi connectivity index (χ0n) is 10.4. The van der Waals surface area contributed by atoms with Gasteiger partial charge in [-0.05, 0) is 11.6 Å². The van der Waals surface area contributed by atoms with Gasteiger partial charge in [0.15, 0.2) is 0 Å². The number of carbonyl (C=O) groups is 1. The third kappa shape index (κ3) is 2.17. The van der Waals surface area contributed by atoms with Gasteiger partial charge in [0, 0.05) is 18.0 Å². The monoisotopic (exact) mass is 248 g/mol. The summed E-state index contributed by atoms with van der Waals surface area (Å²) in [5, 5.41) is 1.01. The van der Waals surface area contributed by atoms with Crippen molar-refractivity contribution >= 4 is 16.9 Å². The number of hydrogen-bond donors (Lipinski definition) is 2. The summed E-state index contributed by atoms with van der Waals surface area (Å²) in [4.78, 5) is 14.5. The van der Waals surface area contributed by atoms with Gasteiger partial charge in [-0.15, -0.1) is 0 Å². The van der Waals surface area contributed by atoms with Gasteiger partial charge in [-0.25, -0.2) is 0 Å². The van der Waals surface area contributed by atoms with Crippen molar-refractivity contribution in [1.82, 2.24) is 4.98 Å². The lowest BCUT2D eigenvalue weighted by molar-refractivity contribution is -0.142. The highest BCUT2D eigenvalue weighted by molar-refractivity contribution is 5.89. The number of carbonyl (C=O) groups excluding carboxylic acids is 1. The van der Waals surface area contributed by atoms with Gasteiger partial charge < -0.3 is 20.2 Å². The number of H-pyrrole nitrogens is 1. The molecule has 5 heteroatoms. The summed E-state index contributed by atoms with van der Waals surface area (Å²) in [6.45, 7) is 0. The van der Waals surface area contributed by atoms with Crippen molar-refractivity contribution in [3.8, 4) is 5.75 Å². The number of esters is 1. The van der Waals surface area contributed by atoms with Gasteiger partial charge in [0.25, 0.3) is 0 Å². The highest BCUT2D eigenvalue weighted by Gasteiger charge is 2.17. The predicted octanol–water partition coefficient (Wildman–Crippen LogP) is 1.22. The van der Waals surface area contributed by atoms with E-state index in [1.807, 2.05) is 24.4 Å². The first-order valence-electron chi connectivity index (χ1n) is 5.63. The van der Waals surface area contributed by atoms with Crippen LogP contribution >= 0.6 is 0 Å². The van der Waals surface area contributed by atoms with Crippen molar-refractivity contribution in [2.45, 2.75) is 12.5 Å². The number of methoxy groups -OCH3 is 2. The molecule has 2 aromatic rings. The van der Waals surface area contributed by atoms with Gasteiger partial charge in [-0.2, -0.15) is 0 Å². The molecule has 5 nitrogen and oxygen atoms in total. The lowest BCUT2D eigenvalue weighted by atomic mass is 10.1. The molecule has 0 aliphatic carbocycles. The van der Waals surface area contributed by atoms with Gasteiger partial charge in [-0.3, -0.25) is 4.79 Å². The normalized spacial score (nSPS) is 12.4. The topological polar surface area (TPSA) is 77.3 Å². The molecule has 0 unspecified atom stereocenters. The van der Waals surface area contributed by atoms with Crippen molar-refractivity contribution in [1.29, 1.82) is 0 Å². The average molecular weight is 248 g/mol. The molecule has 1 aromatic heterocycles. The van der Waals surface area contributed by atoms with E-state index in [9.17, 15) is 4.79 Å². The Kier molecular flexibility index (Phi) is 3.53. The molecule has 1 heterocycles. The molecule has 0 spiro atoms. The Morgan fingerprint density at radius 1 is 1.44 bits per heavy atom. The number of aromatic amines is 1. The number of para-hydroxylation sites is 1. The van der Waals surface area contributed by atoms with Crippen LogP contribution in [0.5, 0.6) is 5.75 Å². The number of nitrogens with one attached hydrogen (secondary N) is 1. The van der Waals surface area contributed by atoms with Crippen molar-refractivity contribution in [2.75, 3.05) is 14.2 Å². The van der Waals surface area contributed by atoms with E-state index in [2.05, 4.69) is 9.72 Å². The minimum absolute atomic E-state index is 0.410. The maximum absolute atomic E-state index is 11.3. The summed E-state index contributed by atoms with van der Waals surface area (Å²) in [5.41, 5.74) is 7.64. The SMILES string of the molecule is COC(=O)[C@H](N)Cc1c[nH]c2c(OC)cccc12. The van der Waals surface area contributed by atoms with E-state index >= 15 is 0 Å². The second kappa shape index (κ2) is 5.10. The number of nitrogens with two attached hydrogens (primary N) is 1. The molecule has 1 aromatic carbocycles. The summed E-state index contributed by atoms with van der Waals surface area (Å²) in [7, 11) is 2.95. The van der Waals surface area contributed by atoms with Crippen molar-refractivity contribution in [2.24, 2.45) is 5.73 Å². The van der Waals surface area contributed by atoms with Crippen molar-refractivity contribution < 1.29 is 14.3 Å². The van der Waals surface area contributed by atoms with Crippen LogP contribution in [0.15, 0.2) is 24.4 Å². The van der Waals surface area contributed by atoms with Crippen LogP contribution in [0.3, 0.4) is 0 Å². The van der Waals surface area contributed by atoms with E-state index in [1.165, 1.54) is 7.11 Å². The van der Waals surface area contributed by atoms with Gasteiger partial charge >= 0.3 is 5.97 Å². The molecule has 1 atom stereocenters. The Bertz CT molecular complexity index is 562. The van der Waals surface area contributed by atoms with Crippen LogP contribution in [-0.4, -0.2) is 31.2 Å². The zero-order valence-corrected chi connectivity index (χ0v) is 10.4. The average Bonchev–Trinajstić information content (AvgIpc) is 2.81. The second-order valence-electron chi connectivity index (χ2n) is 4.03. The van der Waals surface area contributed by atoms with Crippen LogP contribution in [0.2, 0.25) is 0 Å². The highest BCUT2D eigenvalue weighted by Crippen LogP contribution is 2.27. The first kappa shape index (κ1) is 12.4. The third-order valence-corrected chi connectivity index (χ3v) is 2.93. The first-order chi connectivity index (χ1) is 8.67. The Labute approximate surface area is 105 Å². The number of rotatable bonds is 4. The Morgan fingerprint density at radius 3 is 2.89 bits per heavy atom. The molecule has 3 N–H and O–H groups in total. The van der Waals surface area contributed by atoms with Crippen LogP contribution in [0.25, 0.3) is 10.9 Å². The Hall–Kier alpha value is -2.01. The summed E-state index contributed by atoms with van der Waals surface area (Å²) < 4.78 is 9.88. The predicted molar refractivity (Wildman–Crippen MR) is 68.5 cm³/mol. The second-order valence-corrected chi connectivity index (χ2v) is 4.03. The van der Waals surface area contributed by atoms with Crippen LogP contribution in [-0.2, 0) is 16.0 Å². The molecular formula is C13H16N2O3. The quantitative estimate of drug-likeness (QED) is 0.797. The van der Waals surface area contributed by atoms with Crippen molar-refractivity contribution in [3.63, 3.8) is 0 Å². The number of fused-ring (bicyclic) bond motifs is 1. The zero-order chi connectivity index (χ0) is 13.1. The summed E-state index contributed by atoms with van der Waals surface area (Å²) in [6, 6.07) is 5.10. The molecule has 96 valence electrons. The fourth-order valence-corrected chi connectivity index (χ4v) is 2.00. The number of ether oxygens (including phenoxy) is 2. The van der Waals surface area contributed by atoms with E-state index in [1.54, 1.807) is 7.11 Å². The van der Waals surface area contributed by atoms with Gasteiger partial charge in [-0.1, -0.05) is 12.1 Å². The summed E-state index contributed by atoms with van der Waals surface area (Å²) in [5.74, 6) is 0.359. The Morgan fingerprint density at radius 2 is 2.22 bits per heavy atom. The molecule has 0 aliphatic rings. The van der Waals surface area contributed by atoms with E-state index in [0.717, 1.165) is 22.2 Å². The molecule has 0 amide bonds. The largest absolute Gasteiger partial charge is 0.495 e. The van der Waals surface area contributed by atoms with E-state index in [-0.39, 0.29) is 0 Å². The van der Waals surface area contributed by atoms with Gasteiger partial charge in [0.2, 0.25) is 0 Å². The van der Waals surface area contributed by atoms with Gasteiger partial charge in [0.05, 0.1) is 19.7 Å². The lowest BCUT2D eigenvalue weighted by Gasteiger charge is -2.08. The minimum Gasteiger partial charge on any atom is -0.495 e. The van der Waals surface area contributed by atoms with Gasteiger partial charge in [0.1, 0.15) is 11.8 Å². The standard InChI is InChI=1S/C13H16N2O3/c1-17-11-5-3-4-9-8(7-15-12(9)11)6-10(14)13(16)18-2/h3-5,7,10,15H,6,14H2,1-2H3/t10-/m1/s1. The summed E-state index contributed by atoms with van der Waals surface area (Å²) in [6.07, 6.45) is 2.27. The maximum atomic E-state index is 11.3. The first-order valence-corrected chi connectivity index (χ1v) is 5.63. The molecule has 0 aliphatic heterocycles. The molecule has 0 radical (unpaired) electrons. The fourth-order valence-electron chi connectivity index (χ4n) is 2.00. The smallest absolute Gasteiger partial charge is 0.322 e. The third-order valence-electron chi connectivity index (χ3n) is 2.93. The van der Waals surface area contributed by atoms with E-state index in [4.69, 9.17) is 10.5 Å². The Balaban J connectivity index is 2.32. The number of hydrogen-bond acceptors (Lipinski definition) is 4. The molecule has 0 saturated heterocycles. The van der Waals surface area contributed by atoms with Crippen molar-refractivity contribution in [3.05, 3.63) is 30.0 Å². The van der Waals surface area contributed by atoms with Crippen LogP contribution in [0.4, 0.5) is 0 Å². The fraction of sp³-hybridized carbons (Fsp3) is 0.308. The maximum Gasteiger partial charge on any atom is 0.322 e. The number of aromatic nitrogens is 1. The molecule has 0 bridgehead atoms. The molecule has 2 rings (SSSR count). The minimum atomic E-state index is -0.653. The number of benzene rings is 1.